The van der Waals surface area contributed by atoms with Gasteiger partial charge in [-0.25, -0.2) is 0 Å². The van der Waals surface area contributed by atoms with Gasteiger partial charge in [0.15, 0.2) is 0 Å². The number of carbonyl (C=O) groups excluding carboxylic acids is 1. The average Bonchev–Trinajstić information content (AvgIpc) is 2.34. The van der Waals surface area contributed by atoms with Crippen molar-refractivity contribution in [1.29, 1.82) is 0 Å². The molecule has 1 aromatic carbocycles. The van der Waals surface area contributed by atoms with Crippen LogP contribution < -0.4 is 5.32 Å². The number of hydrogen-bond acceptors (Lipinski definition) is 2. The Labute approximate surface area is 107 Å². The maximum absolute atomic E-state index is 11.3. The summed E-state index contributed by atoms with van der Waals surface area (Å²) in [7, 11) is 0. The minimum Gasteiger partial charge on any atom is -0.326 e. The molecule has 0 aliphatic carbocycles. The number of pyridine rings is 1. The van der Waals surface area contributed by atoms with Crippen LogP contribution in [0.4, 0.5) is 5.69 Å². The number of carbonyl (C=O) groups is 1. The molecular weight excluding hydrogens is 224 g/mol. The maximum atomic E-state index is 11.3. The van der Waals surface area contributed by atoms with Crippen molar-refractivity contribution in [1.82, 2.24) is 4.98 Å². The van der Waals surface area contributed by atoms with Gasteiger partial charge in [-0.15, -0.1) is 0 Å². The molecule has 1 N–H and O–H groups in total. The lowest BCUT2D eigenvalue weighted by Crippen LogP contribution is -2.08. The monoisotopic (exact) mass is 240 g/mol. The van der Waals surface area contributed by atoms with E-state index in [9.17, 15) is 4.79 Å². The van der Waals surface area contributed by atoms with E-state index in [4.69, 9.17) is 0 Å². The molecule has 0 aliphatic heterocycles. The van der Waals surface area contributed by atoms with E-state index in [1.54, 1.807) is 6.20 Å². The molecule has 0 radical (unpaired) electrons. The Kier molecular flexibility index (Phi) is 3.42. The fourth-order valence-corrected chi connectivity index (χ4v) is 1.84. The molecule has 0 unspecified atom stereocenters. The first-order valence-electron chi connectivity index (χ1n) is 5.88. The molecule has 2 aromatic rings. The molecule has 0 bridgehead atoms. The van der Waals surface area contributed by atoms with Crippen LogP contribution >= 0.6 is 0 Å². The van der Waals surface area contributed by atoms with Crippen LogP contribution in [0.25, 0.3) is 11.3 Å². The molecule has 1 aromatic heterocycles. The summed E-state index contributed by atoms with van der Waals surface area (Å²) in [6.07, 6.45) is 1.75. The van der Waals surface area contributed by atoms with Gasteiger partial charge in [0, 0.05) is 18.7 Å². The first-order valence-corrected chi connectivity index (χ1v) is 5.88. The maximum Gasteiger partial charge on any atom is 0.221 e. The van der Waals surface area contributed by atoms with Crippen molar-refractivity contribution in [2.24, 2.45) is 0 Å². The van der Waals surface area contributed by atoms with E-state index in [2.05, 4.69) is 23.3 Å². The number of nitrogens with one attached hydrogen (secondary N) is 1. The molecule has 0 atom stereocenters. The minimum atomic E-state index is -0.0737. The van der Waals surface area contributed by atoms with Crippen LogP contribution in [0.2, 0.25) is 0 Å². The van der Waals surface area contributed by atoms with E-state index in [0.717, 1.165) is 22.5 Å². The highest BCUT2D eigenvalue weighted by atomic mass is 16.1. The van der Waals surface area contributed by atoms with Crippen molar-refractivity contribution in [2.45, 2.75) is 20.8 Å². The molecule has 0 saturated carbocycles. The summed E-state index contributed by atoms with van der Waals surface area (Å²) < 4.78 is 0. The number of aryl methyl sites for hydroxylation is 2. The summed E-state index contributed by atoms with van der Waals surface area (Å²) in [5.41, 5.74) is 4.96. The van der Waals surface area contributed by atoms with E-state index < -0.39 is 0 Å². The zero-order valence-electron chi connectivity index (χ0n) is 10.8. The van der Waals surface area contributed by atoms with Crippen molar-refractivity contribution in [3.63, 3.8) is 0 Å². The Morgan fingerprint density at radius 1 is 1.17 bits per heavy atom. The van der Waals surface area contributed by atoms with E-state index in [1.165, 1.54) is 12.5 Å². The third-order valence-electron chi connectivity index (χ3n) is 2.89. The van der Waals surface area contributed by atoms with E-state index >= 15 is 0 Å². The first kappa shape index (κ1) is 12.3. The Bertz CT molecular complexity index is 577. The summed E-state index contributed by atoms with van der Waals surface area (Å²) in [6.45, 7) is 5.60. The lowest BCUT2D eigenvalue weighted by Gasteiger charge is -2.12. The summed E-state index contributed by atoms with van der Waals surface area (Å²) in [4.78, 5) is 15.6. The van der Waals surface area contributed by atoms with Crippen LogP contribution in [0.5, 0.6) is 0 Å². The zero-order chi connectivity index (χ0) is 13.1. The third-order valence-corrected chi connectivity index (χ3v) is 2.89. The van der Waals surface area contributed by atoms with Crippen LogP contribution in [0.1, 0.15) is 18.1 Å². The second-order valence-corrected chi connectivity index (χ2v) is 4.38. The quantitative estimate of drug-likeness (QED) is 0.874. The highest BCUT2D eigenvalue weighted by Crippen LogP contribution is 2.29. The smallest absolute Gasteiger partial charge is 0.221 e. The first-order chi connectivity index (χ1) is 8.58. The lowest BCUT2D eigenvalue weighted by molar-refractivity contribution is -0.114. The van der Waals surface area contributed by atoms with Crippen molar-refractivity contribution in [2.75, 3.05) is 5.32 Å². The molecule has 1 heterocycles. The fraction of sp³-hybridized carbons (Fsp3) is 0.200. The van der Waals surface area contributed by atoms with Gasteiger partial charge in [-0.2, -0.15) is 0 Å². The molecule has 2 rings (SSSR count). The molecule has 92 valence electrons. The van der Waals surface area contributed by atoms with Gasteiger partial charge in [-0.1, -0.05) is 6.07 Å². The van der Waals surface area contributed by atoms with Crippen molar-refractivity contribution in [3.8, 4) is 11.3 Å². The Hall–Kier alpha value is -2.16. The van der Waals surface area contributed by atoms with Crippen LogP contribution in [0, 0.1) is 13.8 Å². The van der Waals surface area contributed by atoms with Gasteiger partial charge in [-0.3, -0.25) is 9.78 Å². The second kappa shape index (κ2) is 5.00. The van der Waals surface area contributed by atoms with Gasteiger partial charge in [0.25, 0.3) is 0 Å². The van der Waals surface area contributed by atoms with Crippen LogP contribution in [0.3, 0.4) is 0 Å². The molecule has 0 saturated heterocycles. The summed E-state index contributed by atoms with van der Waals surface area (Å²) >= 11 is 0. The predicted octanol–water partition coefficient (Wildman–Crippen LogP) is 3.32. The number of aromatic nitrogens is 1. The number of rotatable bonds is 2. The third kappa shape index (κ3) is 2.56. The van der Waals surface area contributed by atoms with E-state index in [1.807, 2.05) is 31.2 Å². The van der Waals surface area contributed by atoms with Crippen molar-refractivity contribution >= 4 is 11.6 Å². The second-order valence-electron chi connectivity index (χ2n) is 4.38. The van der Waals surface area contributed by atoms with E-state index in [0.29, 0.717) is 0 Å². The molecule has 3 nitrogen and oxygen atoms in total. The van der Waals surface area contributed by atoms with E-state index in [-0.39, 0.29) is 5.91 Å². The number of amides is 1. The summed E-state index contributed by atoms with van der Waals surface area (Å²) in [5.74, 6) is -0.0737. The highest BCUT2D eigenvalue weighted by molar-refractivity contribution is 5.94. The predicted molar refractivity (Wildman–Crippen MR) is 73.5 cm³/mol. The van der Waals surface area contributed by atoms with Gasteiger partial charge < -0.3 is 5.32 Å². The average molecular weight is 240 g/mol. The number of nitrogens with zero attached hydrogens (tertiary/aromatic N) is 1. The molecule has 0 aliphatic rings. The van der Waals surface area contributed by atoms with Crippen molar-refractivity contribution < 1.29 is 4.79 Å². The van der Waals surface area contributed by atoms with Gasteiger partial charge in [0.1, 0.15) is 0 Å². The minimum absolute atomic E-state index is 0.0737. The summed E-state index contributed by atoms with van der Waals surface area (Å²) in [6, 6.07) is 9.80. The molecular formula is C15H16N2O. The molecule has 0 spiro atoms. The number of anilines is 1. The standard InChI is InChI=1S/C15H16N2O/c1-10-8-13(14-6-4-5-7-16-14)15(9-11(10)2)17-12(3)18/h4-9H,1-3H3,(H,17,18). The molecule has 3 heteroatoms. The fourth-order valence-electron chi connectivity index (χ4n) is 1.84. The highest BCUT2D eigenvalue weighted by Gasteiger charge is 2.09. The largest absolute Gasteiger partial charge is 0.326 e. The van der Waals surface area contributed by atoms with Gasteiger partial charge >= 0.3 is 0 Å². The Morgan fingerprint density at radius 3 is 2.50 bits per heavy atom. The van der Waals surface area contributed by atoms with Gasteiger partial charge in [0.05, 0.1) is 11.4 Å². The number of hydrogen-bond donors (Lipinski definition) is 1. The molecule has 1 amide bonds. The molecule has 18 heavy (non-hydrogen) atoms. The topological polar surface area (TPSA) is 42.0 Å². The number of benzene rings is 1. The normalized spacial score (nSPS) is 10.2. The van der Waals surface area contributed by atoms with Crippen LogP contribution in [-0.4, -0.2) is 10.9 Å². The van der Waals surface area contributed by atoms with Crippen LogP contribution in [0.15, 0.2) is 36.5 Å². The van der Waals surface area contributed by atoms with Crippen molar-refractivity contribution in [3.05, 3.63) is 47.7 Å². The van der Waals surface area contributed by atoms with Gasteiger partial charge in [0.2, 0.25) is 5.91 Å². The molecule has 0 fully saturated rings. The zero-order valence-corrected chi connectivity index (χ0v) is 10.8. The SMILES string of the molecule is CC(=O)Nc1cc(C)c(C)cc1-c1ccccn1. The van der Waals surface area contributed by atoms with Crippen LogP contribution in [-0.2, 0) is 4.79 Å². The van der Waals surface area contributed by atoms with Gasteiger partial charge in [-0.05, 0) is 49.2 Å². The summed E-state index contributed by atoms with van der Waals surface area (Å²) in [5, 5.41) is 2.86. The Morgan fingerprint density at radius 2 is 1.89 bits per heavy atom. The Balaban J connectivity index is 2.57. The lowest BCUT2D eigenvalue weighted by atomic mass is 10.0.